The van der Waals surface area contributed by atoms with Crippen molar-refractivity contribution in [3.05, 3.63) is 35.4 Å². The third kappa shape index (κ3) is 3.53. The fraction of sp³-hybridized carbons (Fsp3) is 0.412. The molecule has 132 valence electrons. The first-order chi connectivity index (χ1) is 11.9. The summed E-state index contributed by atoms with van der Waals surface area (Å²) in [5.41, 5.74) is 2.19. The topological polar surface area (TPSA) is 82.1 Å². The van der Waals surface area contributed by atoms with Gasteiger partial charge in [0, 0.05) is 13.6 Å². The molecule has 1 aromatic rings. The number of benzene rings is 1. The second-order valence-corrected chi connectivity index (χ2v) is 7.22. The van der Waals surface area contributed by atoms with Crippen molar-refractivity contribution >= 4 is 34.7 Å². The maximum absolute atomic E-state index is 12.4. The van der Waals surface area contributed by atoms with Crippen molar-refractivity contribution in [2.24, 2.45) is 4.99 Å². The largest absolute Gasteiger partial charge is 0.331 e. The van der Waals surface area contributed by atoms with Crippen LogP contribution in [0.3, 0.4) is 0 Å². The minimum Gasteiger partial charge on any atom is -0.331 e. The number of hydrogen-bond acceptors (Lipinski definition) is 6. The van der Waals surface area contributed by atoms with Crippen LogP contribution < -0.4 is 5.32 Å². The molecule has 0 radical (unpaired) electrons. The van der Waals surface area contributed by atoms with E-state index in [1.165, 1.54) is 23.6 Å². The number of urea groups is 1. The lowest BCUT2D eigenvalue weighted by atomic mass is 10.1. The summed E-state index contributed by atoms with van der Waals surface area (Å²) in [7, 11) is 1.62. The van der Waals surface area contributed by atoms with Crippen molar-refractivity contribution in [2.45, 2.75) is 32.6 Å². The molecule has 0 aliphatic carbocycles. The van der Waals surface area contributed by atoms with Gasteiger partial charge in [0.05, 0.1) is 5.75 Å². The number of aryl methyl sites for hydroxylation is 1. The van der Waals surface area contributed by atoms with Gasteiger partial charge in [-0.1, -0.05) is 41.6 Å². The lowest BCUT2D eigenvalue weighted by molar-refractivity contribution is -0.127. The lowest BCUT2D eigenvalue weighted by Crippen LogP contribution is -2.63. The zero-order chi connectivity index (χ0) is 18.1. The molecule has 3 rings (SSSR count). The van der Waals surface area contributed by atoms with Gasteiger partial charge in [-0.15, -0.1) is 0 Å². The molecule has 1 fully saturated rings. The quantitative estimate of drug-likeness (QED) is 0.877. The summed E-state index contributed by atoms with van der Waals surface area (Å²) in [5.74, 6) is -0.0452. The highest BCUT2D eigenvalue weighted by molar-refractivity contribution is 8.14. The van der Waals surface area contributed by atoms with Gasteiger partial charge in [-0.3, -0.25) is 14.9 Å². The Bertz CT molecular complexity index is 747. The van der Waals surface area contributed by atoms with Crippen LogP contribution in [-0.2, 0) is 16.1 Å². The molecule has 8 heteroatoms. The summed E-state index contributed by atoms with van der Waals surface area (Å²) in [6.45, 7) is 4.02. The van der Waals surface area contributed by atoms with Crippen LogP contribution in [-0.4, -0.2) is 57.7 Å². The summed E-state index contributed by atoms with van der Waals surface area (Å²) >= 11 is 1.30. The molecule has 0 bridgehead atoms. The Hall–Kier alpha value is -2.35. The van der Waals surface area contributed by atoms with Gasteiger partial charge in [0.25, 0.3) is 5.91 Å². The SMILES string of the molecule is CC(=O)CSC1=NC2C(C(=O)NC(=O)N2C)N1Cc1ccc(C)cc1. The number of Topliss-reactive ketones (excluding diaryl/α,β-unsaturated/α-hetero) is 1. The van der Waals surface area contributed by atoms with Gasteiger partial charge < -0.3 is 9.80 Å². The fourth-order valence-electron chi connectivity index (χ4n) is 2.84. The average molecular weight is 360 g/mol. The number of ketones is 1. The van der Waals surface area contributed by atoms with E-state index in [2.05, 4.69) is 10.3 Å². The van der Waals surface area contributed by atoms with E-state index in [4.69, 9.17) is 0 Å². The van der Waals surface area contributed by atoms with Crippen LogP contribution >= 0.6 is 11.8 Å². The second kappa shape index (κ2) is 6.87. The van der Waals surface area contributed by atoms with Gasteiger partial charge in [0.2, 0.25) is 0 Å². The molecule has 0 spiro atoms. The number of amidine groups is 1. The first kappa shape index (κ1) is 17.5. The number of fused-ring (bicyclic) bond motifs is 1. The van der Waals surface area contributed by atoms with Gasteiger partial charge in [-0.25, -0.2) is 9.79 Å². The standard InChI is InChI=1S/C17H20N4O3S/c1-10-4-6-12(7-5-10)8-21-13-14(18-17(21)25-9-11(2)22)20(3)16(24)19-15(13)23/h4-7,13-14H,8-9H2,1-3H3,(H,19,23,24). The molecule has 25 heavy (non-hydrogen) atoms. The molecule has 2 unspecified atom stereocenters. The van der Waals surface area contributed by atoms with Crippen molar-refractivity contribution in [3.63, 3.8) is 0 Å². The maximum Gasteiger partial charge on any atom is 0.325 e. The number of rotatable bonds is 4. The monoisotopic (exact) mass is 360 g/mol. The highest BCUT2D eigenvalue weighted by Gasteiger charge is 2.48. The molecule has 2 heterocycles. The predicted octanol–water partition coefficient (Wildman–Crippen LogP) is 1.37. The zero-order valence-corrected chi connectivity index (χ0v) is 15.2. The number of likely N-dealkylation sites (N-methyl/N-ethyl adjacent to an activating group) is 1. The normalized spacial score (nSPS) is 22.6. The van der Waals surface area contributed by atoms with Crippen LogP contribution in [0.15, 0.2) is 29.3 Å². The van der Waals surface area contributed by atoms with E-state index >= 15 is 0 Å². The first-order valence-corrected chi connectivity index (χ1v) is 8.95. The predicted molar refractivity (Wildman–Crippen MR) is 96.2 cm³/mol. The number of carbonyl (C=O) groups excluding carboxylic acids is 3. The molecular formula is C17H20N4O3S. The summed E-state index contributed by atoms with van der Waals surface area (Å²) < 4.78 is 0. The maximum atomic E-state index is 12.4. The Morgan fingerprint density at radius 2 is 1.96 bits per heavy atom. The highest BCUT2D eigenvalue weighted by atomic mass is 32.2. The van der Waals surface area contributed by atoms with E-state index in [-0.39, 0.29) is 17.4 Å². The van der Waals surface area contributed by atoms with E-state index in [9.17, 15) is 14.4 Å². The average Bonchev–Trinajstić information content (AvgIpc) is 2.92. The van der Waals surface area contributed by atoms with E-state index in [1.54, 1.807) is 7.05 Å². The number of amides is 3. The van der Waals surface area contributed by atoms with Crippen LogP contribution in [0.1, 0.15) is 18.1 Å². The molecule has 7 nitrogen and oxygen atoms in total. The number of nitrogens with zero attached hydrogens (tertiary/aromatic N) is 3. The van der Waals surface area contributed by atoms with Crippen molar-refractivity contribution in [1.82, 2.24) is 15.1 Å². The number of nitrogens with one attached hydrogen (secondary N) is 1. The first-order valence-electron chi connectivity index (χ1n) is 7.96. The van der Waals surface area contributed by atoms with Gasteiger partial charge >= 0.3 is 6.03 Å². The molecular weight excluding hydrogens is 340 g/mol. The zero-order valence-electron chi connectivity index (χ0n) is 14.4. The molecule has 1 aromatic carbocycles. The van der Waals surface area contributed by atoms with E-state index in [0.717, 1.165) is 11.1 Å². The number of aliphatic imine (C=N–C) groups is 1. The minimum absolute atomic E-state index is 0.0340. The molecule has 3 amide bonds. The summed E-state index contributed by atoms with van der Waals surface area (Å²) in [6, 6.07) is 7.00. The van der Waals surface area contributed by atoms with Crippen LogP contribution in [0.5, 0.6) is 0 Å². The van der Waals surface area contributed by atoms with Crippen LogP contribution in [0.4, 0.5) is 4.79 Å². The van der Waals surface area contributed by atoms with E-state index in [1.807, 2.05) is 36.1 Å². The number of carbonyl (C=O) groups is 3. The molecule has 0 saturated carbocycles. The van der Waals surface area contributed by atoms with Crippen molar-refractivity contribution in [3.8, 4) is 0 Å². The minimum atomic E-state index is -0.585. The van der Waals surface area contributed by atoms with Crippen LogP contribution in [0.2, 0.25) is 0 Å². The molecule has 0 aromatic heterocycles. The third-order valence-electron chi connectivity index (χ3n) is 4.20. The van der Waals surface area contributed by atoms with Gasteiger partial charge in [0.15, 0.2) is 17.4 Å². The fourth-order valence-corrected chi connectivity index (χ4v) is 3.70. The third-order valence-corrected chi connectivity index (χ3v) is 5.35. The Morgan fingerprint density at radius 1 is 1.28 bits per heavy atom. The van der Waals surface area contributed by atoms with E-state index < -0.39 is 18.2 Å². The van der Waals surface area contributed by atoms with Gasteiger partial charge in [-0.05, 0) is 19.4 Å². The van der Waals surface area contributed by atoms with Gasteiger partial charge in [0.1, 0.15) is 5.78 Å². The van der Waals surface area contributed by atoms with E-state index in [0.29, 0.717) is 11.7 Å². The second-order valence-electron chi connectivity index (χ2n) is 6.28. The number of hydrogen-bond donors (Lipinski definition) is 1. The molecule has 1 N–H and O–H groups in total. The van der Waals surface area contributed by atoms with Crippen molar-refractivity contribution in [2.75, 3.05) is 12.8 Å². The summed E-state index contributed by atoms with van der Waals surface area (Å²) in [6.07, 6.45) is -0.568. The Labute approximate surface area is 150 Å². The van der Waals surface area contributed by atoms with Crippen LogP contribution in [0.25, 0.3) is 0 Å². The number of thioether (sulfide) groups is 1. The molecule has 1 saturated heterocycles. The van der Waals surface area contributed by atoms with Gasteiger partial charge in [-0.2, -0.15) is 0 Å². The molecule has 2 aliphatic rings. The molecule has 2 aliphatic heterocycles. The highest BCUT2D eigenvalue weighted by Crippen LogP contribution is 2.30. The summed E-state index contributed by atoms with van der Waals surface area (Å²) in [5, 5.41) is 2.98. The lowest BCUT2D eigenvalue weighted by Gasteiger charge is -2.36. The molecule has 2 atom stereocenters. The number of imide groups is 1. The Balaban J connectivity index is 1.89. The Kier molecular flexibility index (Phi) is 4.80. The van der Waals surface area contributed by atoms with Crippen LogP contribution in [0, 0.1) is 6.92 Å². The van der Waals surface area contributed by atoms with Crippen molar-refractivity contribution < 1.29 is 14.4 Å². The van der Waals surface area contributed by atoms with Crippen molar-refractivity contribution in [1.29, 1.82) is 0 Å². The smallest absolute Gasteiger partial charge is 0.325 e. The Morgan fingerprint density at radius 3 is 2.60 bits per heavy atom. The summed E-state index contributed by atoms with van der Waals surface area (Å²) in [4.78, 5) is 43.5.